The van der Waals surface area contributed by atoms with Crippen LogP contribution < -0.4 is 4.72 Å². The second-order valence-electron chi connectivity index (χ2n) is 1.46. The van der Waals surface area contributed by atoms with E-state index >= 15 is 0 Å². The lowest BCUT2D eigenvalue weighted by Crippen LogP contribution is -2.30. The van der Waals surface area contributed by atoms with Crippen LogP contribution in [0.15, 0.2) is 5.29 Å². The van der Waals surface area contributed by atoms with Gasteiger partial charge in [-0.25, -0.2) is 9.22 Å². The highest BCUT2D eigenvalue weighted by Gasteiger charge is 1.98. The molecule has 0 heterocycles. The van der Waals surface area contributed by atoms with Crippen molar-refractivity contribution < 1.29 is 8.76 Å². The number of hydrogen-bond donors (Lipinski definition) is 2. The molecule has 1 atom stereocenters. The molecule has 0 spiro atoms. The van der Waals surface area contributed by atoms with Crippen molar-refractivity contribution in [1.29, 1.82) is 0 Å². The van der Waals surface area contributed by atoms with Crippen molar-refractivity contribution in [3.63, 3.8) is 0 Å². The predicted octanol–water partition coefficient (Wildman–Crippen LogP) is -0.326. The summed E-state index contributed by atoms with van der Waals surface area (Å²) < 4.78 is 20.3. The summed E-state index contributed by atoms with van der Waals surface area (Å²) in [4.78, 5) is 9.80. The van der Waals surface area contributed by atoms with Gasteiger partial charge < -0.3 is 0 Å². The Morgan fingerprint density at radius 2 is 2.40 bits per heavy atom. The molecule has 0 fully saturated rings. The Morgan fingerprint density at radius 3 is 2.70 bits per heavy atom. The van der Waals surface area contributed by atoms with Gasteiger partial charge in [0.25, 0.3) is 0 Å². The van der Waals surface area contributed by atoms with Crippen LogP contribution in [0.4, 0.5) is 0 Å². The van der Waals surface area contributed by atoms with Gasteiger partial charge in [0, 0.05) is 6.54 Å². The molecule has 0 aromatic carbocycles. The first-order chi connectivity index (χ1) is 4.70. The van der Waals surface area contributed by atoms with Crippen molar-refractivity contribution in [2.75, 3.05) is 13.2 Å². The first kappa shape index (κ1) is 9.47. The van der Waals surface area contributed by atoms with E-state index in [1.165, 1.54) is 0 Å². The van der Waals surface area contributed by atoms with Crippen LogP contribution in [0.3, 0.4) is 0 Å². The van der Waals surface area contributed by atoms with Crippen LogP contribution in [0.1, 0.15) is 6.92 Å². The Bertz CT molecular complexity index is 130. The zero-order valence-corrected chi connectivity index (χ0v) is 6.30. The van der Waals surface area contributed by atoms with Crippen LogP contribution in [0.5, 0.6) is 0 Å². The van der Waals surface area contributed by atoms with Crippen LogP contribution in [0, 0.1) is 4.91 Å². The summed E-state index contributed by atoms with van der Waals surface area (Å²) in [7, 11) is 0. The summed E-state index contributed by atoms with van der Waals surface area (Å²) in [6.45, 7) is 2.11. The highest BCUT2D eigenvalue weighted by molar-refractivity contribution is 7.77. The molecule has 0 saturated carbocycles. The van der Waals surface area contributed by atoms with Gasteiger partial charge in [-0.3, -0.25) is 4.55 Å². The molecular weight excluding hydrogens is 158 g/mol. The van der Waals surface area contributed by atoms with Crippen molar-refractivity contribution in [2.24, 2.45) is 5.29 Å². The number of nitrogens with zero attached hydrogens (tertiary/aromatic N) is 2. The minimum Gasteiger partial charge on any atom is -0.294 e. The van der Waals surface area contributed by atoms with Gasteiger partial charge in [-0.05, 0) is 6.92 Å². The lowest BCUT2D eigenvalue weighted by molar-refractivity contribution is 0.294. The summed E-state index contributed by atoms with van der Waals surface area (Å²) >= 11 is -2.08. The zero-order chi connectivity index (χ0) is 7.98. The molecule has 0 aliphatic rings. The highest BCUT2D eigenvalue weighted by atomic mass is 32.2. The molecule has 10 heavy (non-hydrogen) atoms. The average Bonchev–Trinajstić information content (AvgIpc) is 1.90. The van der Waals surface area contributed by atoms with Crippen LogP contribution in [-0.4, -0.2) is 27.0 Å². The Labute approximate surface area is 61.0 Å². The Hall–Kier alpha value is -0.530. The maximum Gasteiger partial charge on any atom is 0.233 e. The largest absolute Gasteiger partial charge is 0.294 e. The maximum atomic E-state index is 9.97. The molecular formula is C3H9N3O3S. The summed E-state index contributed by atoms with van der Waals surface area (Å²) in [5, 5.41) is 3.63. The third-order valence-electron chi connectivity index (χ3n) is 0.851. The fourth-order valence-corrected chi connectivity index (χ4v) is 0.588. The average molecular weight is 167 g/mol. The molecule has 0 radical (unpaired) electrons. The third-order valence-corrected chi connectivity index (χ3v) is 1.23. The van der Waals surface area contributed by atoms with E-state index in [2.05, 4.69) is 10.0 Å². The predicted molar refractivity (Wildman–Crippen MR) is 36.9 cm³/mol. The van der Waals surface area contributed by atoms with Crippen LogP contribution >= 0.6 is 0 Å². The lowest BCUT2D eigenvalue weighted by Gasteiger charge is -2.10. The minimum absolute atomic E-state index is 0.0108. The van der Waals surface area contributed by atoms with Crippen molar-refractivity contribution in [2.45, 2.75) is 6.92 Å². The van der Waals surface area contributed by atoms with Gasteiger partial charge in [-0.2, -0.15) is 4.72 Å². The van der Waals surface area contributed by atoms with Gasteiger partial charge in [-0.1, -0.05) is 0 Å². The Balaban J connectivity index is 3.44. The second kappa shape index (κ2) is 5.27. The van der Waals surface area contributed by atoms with Crippen molar-refractivity contribution in [3.8, 4) is 0 Å². The number of hydrogen-bond acceptors (Lipinski definition) is 3. The van der Waals surface area contributed by atoms with Gasteiger partial charge in [0.15, 0.2) is 0 Å². The zero-order valence-electron chi connectivity index (χ0n) is 5.48. The van der Waals surface area contributed by atoms with Crippen LogP contribution in [-0.2, 0) is 11.3 Å². The molecule has 60 valence electrons. The van der Waals surface area contributed by atoms with E-state index < -0.39 is 11.3 Å². The number of nitroso groups, excluding NO2 is 1. The van der Waals surface area contributed by atoms with Gasteiger partial charge in [0.05, 0.1) is 5.29 Å². The lowest BCUT2D eigenvalue weighted by atomic mass is 10.7. The fourth-order valence-electron chi connectivity index (χ4n) is 0.328. The molecule has 6 nitrogen and oxygen atoms in total. The van der Waals surface area contributed by atoms with Gasteiger partial charge >= 0.3 is 0 Å². The molecule has 0 amide bonds. The van der Waals surface area contributed by atoms with E-state index in [9.17, 15) is 9.12 Å². The van der Waals surface area contributed by atoms with Crippen LogP contribution in [0.25, 0.3) is 0 Å². The first-order valence-electron chi connectivity index (χ1n) is 2.63. The number of rotatable bonds is 5. The molecule has 0 saturated heterocycles. The van der Waals surface area contributed by atoms with Gasteiger partial charge in [0.1, 0.15) is 6.67 Å². The monoisotopic (exact) mass is 167 g/mol. The van der Waals surface area contributed by atoms with E-state index in [-0.39, 0.29) is 6.67 Å². The van der Waals surface area contributed by atoms with E-state index in [0.717, 1.165) is 5.01 Å². The second-order valence-corrected chi connectivity index (χ2v) is 2.24. The Kier molecular flexibility index (Phi) is 4.99. The molecule has 7 heteroatoms. The SMILES string of the molecule is CCN(CNS(=O)O)N=O. The maximum absolute atomic E-state index is 9.97. The summed E-state index contributed by atoms with van der Waals surface area (Å²) in [6.07, 6.45) is 0. The topological polar surface area (TPSA) is 82.0 Å². The molecule has 0 aromatic rings. The third kappa shape index (κ3) is 4.36. The summed E-state index contributed by atoms with van der Waals surface area (Å²) in [5.41, 5.74) is 0. The molecule has 0 aliphatic carbocycles. The van der Waals surface area contributed by atoms with E-state index in [0.29, 0.717) is 6.54 Å². The molecule has 0 bridgehead atoms. The first-order valence-corrected chi connectivity index (χ1v) is 3.74. The summed E-state index contributed by atoms with van der Waals surface area (Å²) in [6, 6.07) is 0. The smallest absolute Gasteiger partial charge is 0.233 e. The van der Waals surface area contributed by atoms with Crippen molar-refractivity contribution in [3.05, 3.63) is 4.91 Å². The van der Waals surface area contributed by atoms with Crippen molar-refractivity contribution >= 4 is 11.3 Å². The van der Waals surface area contributed by atoms with E-state index in [1.807, 2.05) is 0 Å². The standard InChI is InChI=1S/C3H9N3O3S/c1-2-6(5-7)3-4-10(8)9/h4H,2-3H2,1H3,(H,8,9). The molecule has 2 N–H and O–H groups in total. The normalized spacial score (nSPS) is 12.6. The Morgan fingerprint density at radius 1 is 1.80 bits per heavy atom. The molecule has 0 aromatic heterocycles. The van der Waals surface area contributed by atoms with Crippen LogP contribution in [0.2, 0.25) is 0 Å². The molecule has 0 rings (SSSR count). The minimum atomic E-state index is -2.08. The summed E-state index contributed by atoms with van der Waals surface area (Å²) in [5.74, 6) is 0. The fraction of sp³-hybridized carbons (Fsp3) is 1.00. The van der Waals surface area contributed by atoms with Gasteiger partial charge in [0.2, 0.25) is 11.3 Å². The van der Waals surface area contributed by atoms with Crippen molar-refractivity contribution in [1.82, 2.24) is 9.73 Å². The highest BCUT2D eigenvalue weighted by Crippen LogP contribution is 1.83. The van der Waals surface area contributed by atoms with E-state index in [4.69, 9.17) is 4.55 Å². The molecule has 1 unspecified atom stereocenters. The molecule has 0 aliphatic heterocycles. The quantitative estimate of drug-likeness (QED) is 0.254. The van der Waals surface area contributed by atoms with E-state index in [1.54, 1.807) is 6.92 Å². The van der Waals surface area contributed by atoms with Gasteiger partial charge in [-0.15, -0.1) is 4.91 Å². The number of nitrogens with one attached hydrogen (secondary N) is 1.